The van der Waals surface area contributed by atoms with E-state index in [0.29, 0.717) is 0 Å². The lowest BCUT2D eigenvalue weighted by atomic mass is 10.2. The third-order valence-corrected chi connectivity index (χ3v) is 20.9. The Morgan fingerprint density at radius 1 is 0.615 bits per heavy atom. The normalized spacial score (nSPS) is 27.0. The van der Waals surface area contributed by atoms with Gasteiger partial charge in [0.2, 0.25) is 0 Å². The van der Waals surface area contributed by atoms with E-state index in [1.165, 1.54) is 19.3 Å². The highest BCUT2D eigenvalue weighted by Gasteiger charge is 2.54. The molecule has 2 fully saturated rings. The molecule has 6 nitrogen and oxygen atoms in total. The molecule has 0 radical (unpaired) electrons. The summed E-state index contributed by atoms with van der Waals surface area (Å²) in [5, 5.41) is 0. The summed E-state index contributed by atoms with van der Waals surface area (Å²) in [7, 11) is -9.13. The van der Waals surface area contributed by atoms with Crippen molar-refractivity contribution >= 4 is 34.4 Å². The van der Waals surface area contributed by atoms with Crippen molar-refractivity contribution in [1.29, 1.82) is 0 Å². The number of nitrogens with zero attached hydrogens (tertiary/aromatic N) is 1. The molecule has 0 amide bonds. The highest BCUT2D eigenvalue weighted by molar-refractivity contribution is 6.92. The summed E-state index contributed by atoms with van der Waals surface area (Å²) in [5.74, 6) is 0. The average Bonchev–Trinajstić information content (AvgIpc) is 2.45. The first-order chi connectivity index (χ1) is 11.8. The van der Waals surface area contributed by atoms with E-state index in [1.807, 2.05) is 0 Å². The predicted octanol–water partition coefficient (Wildman–Crippen LogP) is 4.27. The zero-order chi connectivity index (χ0) is 20.1. The van der Waals surface area contributed by atoms with Crippen LogP contribution in [0.1, 0.15) is 33.1 Å². The van der Waals surface area contributed by atoms with Gasteiger partial charge in [0.15, 0.2) is 0 Å². The van der Waals surface area contributed by atoms with Crippen molar-refractivity contribution in [2.24, 2.45) is 0 Å². The van der Waals surface area contributed by atoms with Crippen LogP contribution in [0.25, 0.3) is 0 Å². The van der Waals surface area contributed by atoms with E-state index in [2.05, 4.69) is 64.2 Å². The molecular formula is C16H41NO5Si4. The molecule has 0 spiro atoms. The first-order valence-corrected chi connectivity index (χ1v) is 20.7. The number of ether oxygens (including phenoxy) is 1. The second-order valence-corrected chi connectivity index (χ2v) is 22.4. The number of hydrogen-bond donors (Lipinski definition) is 0. The Morgan fingerprint density at radius 2 is 1.00 bits per heavy atom. The monoisotopic (exact) mass is 439 g/mol. The molecule has 2 saturated heterocycles. The number of rotatable bonds is 3. The molecule has 0 saturated carbocycles. The minimum absolute atomic E-state index is 0.926. The lowest BCUT2D eigenvalue weighted by molar-refractivity contribution is 0.0968. The van der Waals surface area contributed by atoms with Gasteiger partial charge in [-0.2, -0.15) is 0 Å². The molecule has 2 aliphatic heterocycles. The van der Waals surface area contributed by atoms with Gasteiger partial charge < -0.3 is 21.2 Å². The second kappa shape index (κ2) is 9.90. The minimum Gasteiger partial charge on any atom is -0.416 e. The van der Waals surface area contributed by atoms with Crippen LogP contribution < -0.4 is 0 Å². The summed E-state index contributed by atoms with van der Waals surface area (Å²) in [6, 6.07) is 0. The van der Waals surface area contributed by atoms with Gasteiger partial charge in [0.05, 0.1) is 0 Å². The highest BCUT2D eigenvalue weighted by atomic mass is 28.5. The molecule has 0 aromatic heterocycles. The van der Waals surface area contributed by atoms with Crippen LogP contribution in [0.3, 0.4) is 0 Å². The Bertz CT molecular complexity index is 395. The van der Waals surface area contributed by atoms with Crippen LogP contribution in [-0.2, 0) is 21.2 Å². The fourth-order valence-electron chi connectivity index (χ4n) is 3.79. The fourth-order valence-corrected chi connectivity index (χ4v) is 24.9. The summed E-state index contributed by atoms with van der Waals surface area (Å²) >= 11 is 0. The zero-order valence-corrected chi connectivity index (χ0v) is 22.4. The van der Waals surface area contributed by atoms with Crippen molar-refractivity contribution in [3.05, 3.63) is 0 Å². The molecule has 0 aromatic carbocycles. The molecule has 10 heteroatoms. The van der Waals surface area contributed by atoms with Gasteiger partial charge in [-0.05, 0) is 78.2 Å². The van der Waals surface area contributed by atoms with Gasteiger partial charge in [0.25, 0.3) is 0 Å². The van der Waals surface area contributed by atoms with Crippen molar-refractivity contribution in [3.8, 4) is 0 Å². The Balaban J connectivity index is 0.000000472. The van der Waals surface area contributed by atoms with Crippen LogP contribution in [0, 0.1) is 0 Å². The van der Waals surface area contributed by atoms with Gasteiger partial charge in [-0.1, -0.05) is 13.8 Å². The van der Waals surface area contributed by atoms with E-state index >= 15 is 0 Å². The van der Waals surface area contributed by atoms with E-state index in [0.717, 1.165) is 26.3 Å². The molecule has 2 rings (SSSR count). The molecule has 0 N–H and O–H groups in total. The summed E-state index contributed by atoms with van der Waals surface area (Å²) in [5.41, 5.74) is 0. The summed E-state index contributed by atoms with van der Waals surface area (Å²) in [4.78, 5) is 0. The maximum Gasteiger partial charge on any atom is 0.406 e. The summed E-state index contributed by atoms with van der Waals surface area (Å²) in [6.07, 6.45) is 3.93. The Labute approximate surface area is 165 Å². The van der Waals surface area contributed by atoms with Crippen LogP contribution in [-0.4, -0.2) is 65.3 Å². The van der Waals surface area contributed by atoms with Crippen molar-refractivity contribution in [2.45, 2.75) is 78.9 Å². The zero-order valence-electron chi connectivity index (χ0n) is 18.4. The topological polar surface area (TPSA) is 49.4 Å². The van der Waals surface area contributed by atoms with Crippen LogP contribution in [0.15, 0.2) is 0 Å². The Hall–Kier alpha value is 0.628. The maximum absolute atomic E-state index is 6.53. The van der Waals surface area contributed by atoms with E-state index in [4.69, 9.17) is 21.2 Å². The summed E-state index contributed by atoms with van der Waals surface area (Å²) < 4.78 is 33.1. The largest absolute Gasteiger partial charge is 0.416 e. The molecule has 0 bridgehead atoms. The molecule has 0 aromatic rings. The van der Waals surface area contributed by atoms with Crippen molar-refractivity contribution in [3.63, 3.8) is 0 Å². The predicted molar refractivity (Wildman–Crippen MR) is 116 cm³/mol. The third kappa shape index (κ3) is 8.33. The maximum atomic E-state index is 6.53. The lowest BCUT2D eigenvalue weighted by Gasteiger charge is -2.50. The van der Waals surface area contributed by atoms with Gasteiger partial charge >= 0.3 is 34.4 Å². The van der Waals surface area contributed by atoms with Gasteiger partial charge in [-0.25, -0.2) is 0 Å². The molecule has 26 heavy (non-hydrogen) atoms. The standard InChI is InChI=1S/C11H31NO4Si4.C5H10O/c1-10-12(11-2)20(9)15-18(5,6)13-17(3,4)14-19(7,8)16-20;1-2-4-6-5-3-1/h10-11H2,1-9H3;1-5H2. The summed E-state index contributed by atoms with van der Waals surface area (Å²) in [6.45, 7) is 22.9. The second-order valence-electron chi connectivity index (χ2n) is 8.35. The van der Waals surface area contributed by atoms with E-state index in [9.17, 15) is 0 Å². The molecule has 156 valence electrons. The molecular weight excluding hydrogens is 399 g/mol. The van der Waals surface area contributed by atoms with Gasteiger partial charge in [0, 0.05) is 13.2 Å². The average molecular weight is 440 g/mol. The first kappa shape index (κ1) is 24.7. The first-order valence-electron chi connectivity index (χ1n) is 9.98. The Morgan fingerprint density at radius 3 is 1.27 bits per heavy atom. The molecule has 2 heterocycles. The smallest absolute Gasteiger partial charge is 0.406 e. The highest BCUT2D eigenvalue weighted by Crippen LogP contribution is 2.31. The SMILES string of the molecule is C1CCOCC1.CCN(CC)[Si]1(C)O[Si](C)(C)O[Si](C)(C)O[Si](C)(C)O1. The van der Waals surface area contributed by atoms with Crippen molar-refractivity contribution < 1.29 is 21.2 Å². The van der Waals surface area contributed by atoms with Gasteiger partial charge in [-0.3, -0.25) is 4.57 Å². The molecule has 0 unspecified atom stereocenters. The minimum atomic E-state index is -2.45. The van der Waals surface area contributed by atoms with E-state index in [-0.39, 0.29) is 0 Å². The molecule has 2 aliphatic rings. The van der Waals surface area contributed by atoms with Crippen LogP contribution in [0.2, 0.25) is 45.8 Å². The van der Waals surface area contributed by atoms with Crippen molar-refractivity contribution in [2.75, 3.05) is 26.3 Å². The van der Waals surface area contributed by atoms with E-state index < -0.39 is 34.4 Å². The van der Waals surface area contributed by atoms with Crippen LogP contribution in [0.4, 0.5) is 0 Å². The fraction of sp³-hybridized carbons (Fsp3) is 1.00. The number of hydrogen-bond acceptors (Lipinski definition) is 6. The van der Waals surface area contributed by atoms with Crippen LogP contribution in [0.5, 0.6) is 0 Å². The van der Waals surface area contributed by atoms with Gasteiger partial charge in [0.1, 0.15) is 0 Å². The van der Waals surface area contributed by atoms with Gasteiger partial charge in [-0.15, -0.1) is 0 Å². The molecule has 0 atom stereocenters. The van der Waals surface area contributed by atoms with E-state index in [1.54, 1.807) is 0 Å². The van der Waals surface area contributed by atoms with Crippen molar-refractivity contribution in [1.82, 2.24) is 4.57 Å². The quantitative estimate of drug-likeness (QED) is 0.612. The third-order valence-electron chi connectivity index (χ3n) is 4.27. The Kier molecular flexibility index (Phi) is 9.39. The molecule has 0 aliphatic carbocycles. The van der Waals surface area contributed by atoms with Crippen LogP contribution >= 0.6 is 0 Å². The lowest BCUT2D eigenvalue weighted by Crippen LogP contribution is -2.70.